The molecule has 1 saturated heterocycles. The van der Waals surface area contributed by atoms with Gasteiger partial charge in [0.2, 0.25) is 0 Å². The highest BCUT2D eigenvalue weighted by Gasteiger charge is 2.17. The maximum atomic E-state index is 5.93. The second kappa shape index (κ2) is 14.2. The summed E-state index contributed by atoms with van der Waals surface area (Å²) in [6.07, 6.45) is 7.27. The molecular formula is C27H47N3OS. The van der Waals surface area contributed by atoms with Gasteiger partial charge in [-0.15, -0.1) is 0 Å². The molecule has 0 spiro atoms. The van der Waals surface area contributed by atoms with Crippen molar-refractivity contribution in [1.82, 2.24) is 15.1 Å². The van der Waals surface area contributed by atoms with Crippen LogP contribution >= 0.6 is 12.2 Å². The lowest BCUT2D eigenvalue weighted by atomic mass is 9.87. The number of rotatable bonds is 12. The van der Waals surface area contributed by atoms with E-state index in [0.29, 0.717) is 6.04 Å². The molecule has 1 fully saturated rings. The third kappa shape index (κ3) is 9.76. The molecule has 1 unspecified atom stereocenters. The summed E-state index contributed by atoms with van der Waals surface area (Å²) in [5, 5.41) is 4.61. The standard InChI is InChI=1S/C27H47N3OS/c1-6-8-9-11-25(7-2)28-26(32)30(17-10-16-29-18-20-31-21-19-29)22-23-12-14-24(15-13-23)27(3,4)5/h12-15,25H,6-11,16-22H2,1-5H3,(H,28,32). The second-order valence-electron chi connectivity index (χ2n) is 10.2. The van der Waals surface area contributed by atoms with Crippen LogP contribution in [0.3, 0.4) is 0 Å². The predicted molar refractivity (Wildman–Crippen MR) is 141 cm³/mol. The topological polar surface area (TPSA) is 27.7 Å². The summed E-state index contributed by atoms with van der Waals surface area (Å²) in [6.45, 7) is 18.1. The Kier molecular flexibility index (Phi) is 12.0. The minimum atomic E-state index is 0.181. The first-order chi connectivity index (χ1) is 15.3. The fourth-order valence-electron chi connectivity index (χ4n) is 4.18. The molecule has 0 radical (unpaired) electrons. The summed E-state index contributed by atoms with van der Waals surface area (Å²) in [4.78, 5) is 4.89. The van der Waals surface area contributed by atoms with E-state index in [1.54, 1.807) is 0 Å². The van der Waals surface area contributed by atoms with Crippen molar-refractivity contribution < 1.29 is 4.74 Å². The molecule has 1 aromatic carbocycles. The third-order valence-corrected chi connectivity index (χ3v) is 6.84. The molecule has 1 aliphatic rings. The van der Waals surface area contributed by atoms with E-state index in [-0.39, 0.29) is 5.41 Å². The van der Waals surface area contributed by atoms with Crippen molar-refractivity contribution in [3.63, 3.8) is 0 Å². The number of hydrogen-bond donors (Lipinski definition) is 1. The van der Waals surface area contributed by atoms with E-state index in [1.807, 2.05) is 0 Å². The first-order valence-electron chi connectivity index (χ1n) is 12.8. The summed E-state index contributed by atoms with van der Waals surface area (Å²) in [5.74, 6) is 0. The Balaban J connectivity index is 1.99. The van der Waals surface area contributed by atoms with Crippen molar-refractivity contribution in [2.45, 2.75) is 91.1 Å². The third-order valence-electron chi connectivity index (χ3n) is 6.46. The molecule has 0 saturated carbocycles. The van der Waals surface area contributed by atoms with Gasteiger partial charge in [0.15, 0.2) is 5.11 Å². The fourth-order valence-corrected chi connectivity index (χ4v) is 4.50. The number of morpholine rings is 1. The fraction of sp³-hybridized carbons (Fsp3) is 0.741. The van der Waals surface area contributed by atoms with Crippen molar-refractivity contribution >= 4 is 17.3 Å². The molecule has 1 N–H and O–H groups in total. The molecule has 5 heteroatoms. The highest BCUT2D eigenvalue weighted by Crippen LogP contribution is 2.22. The van der Waals surface area contributed by atoms with Crippen LogP contribution in [0.25, 0.3) is 0 Å². The molecule has 182 valence electrons. The predicted octanol–water partition coefficient (Wildman–Crippen LogP) is 5.74. The average Bonchev–Trinajstić information content (AvgIpc) is 2.78. The van der Waals surface area contributed by atoms with E-state index < -0.39 is 0 Å². The van der Waals surface area contributed by atoms with Gasteiger partial charge < -0.3 is 15.0 Å². The van der Waals surface area contributed by atoms with Gasteiger partial charge >= 0.3 is 0 Å². The number of benzene rings is 1. The molecule has 0 aliphatic carbocycles. The van der Waals surface area contributed by atoms with Crippen LogP contribution in [0, 0.1) is 0 Å². The van der Waals surface area contributed by atoms with Crippen LogP contribution in [0.2, 0.25) is 0 Å². The number of nitrogens with one attached hydrogen (secondary N) is 1. The van der Waals surface area contributed by atoms with Gasteiger partial charge in [-0.25, -0.2) is 0 Å². The van der Waals surface area contributed by atoms with Crippen molar-refractivity contribution in [3.8, 4) is 0 Å². The monoisotopic (exact) mass is 461 g/mol. The molecule has 1 heterocycles. The zero-order chi connectivity index (χ0) is 23.4. The number of thiocarbonyl (C=S) groups is 1. The van der Waals surface area contributed by atoms with Crippen LogP contribution in [0.15, 0.2) is 24.3 Å². The molecule has 1 atom stereocenters. The van der Waals surface area contributed by atoms with Crippen LogP contribution in [0.4, 0.5) is 0 Å². The van der Waals surface area contributed by atoms with Gasteiger partial charge in [-0.05, 0) is 48.0 Å². The van der Waals surface area contributed by atoms with Gasteiger partial charge in [0.25, 0.3) is 0 Å². The Labute approximate surface area is 203 Å². The van der Waals surface area contributed by atoms with Crippen molar-refractivity contribution in [2.75, 3.05) is 39.4 Å². The Morgan fingerprint density at radius 3 is 2.38 bits per heavy atom. The Morgan fingerprint density at radius 2 is 1.78 bits per heavy atom. The maximum Gasteiger partial charge on any atom is 0.169 e. The van der Waals surface area contributed by atoms with E-state index in [1.165, 1.54) is 36.8 Å². The zero-order valence-corrected chi connectivity index (χ0v) is 22.1. The second-order valence-corrected chi connectivity index (χ2v) is 10.6. The first-order valence-corrected chi connectivity index (χ1v) is 13.2. The number of unbranched alkanes of at least 4 members (excludes halogenated alkanes) is 2. The minimum Gasteiger partial charge on any atom is -0.379 e. The largest absolute Gasteiger partial charge is 0.379 e. The normalized spacial score (nSPS) is 16.0. The first kappa shape index (κ1) is 27.1. The summed E-state index contributed by atoms with van der Waals surface area (Å²) >= 11 is 5.93. The van der Waals surface area contributed by atoms with Crippen molar-refractivity contribution in [3.05, 3.63) is 35.4 Å². The van der Waals surface area contributed by atoms with Gasteiger partial charge in [-0.1, -0.05) is 78.1 Å². The van der Waals surface area contributed by atoms with Crippen LogP contribution in [0.1, 0.15) is 84.3 Å². The van der Waals surface area contributed by atoms with E-state index in [2.05, 4.69) is 74.0 Å². The summed E-state index contributed by atoms with van der Waals surface area (Å²) in [7, 11) is 0. The molecule has 2 rings (SSSR count). The van der Waals surface area contributed by atoms with Gasteiger partial charge in [-0.2, -0.15) is 0 Å². The summed E-state index contributed by atoms with van der Waals surface area (Å²) in [6, 6.07) is 9.57. The summed E-state index contributed by atoms with van der Waals surface area (Å²) in [5.41, 5.74) is 2.88. The van der Waals surface area contributed by atoms with Gasteiger partial charge in [-0.3, -0.25) is 4.90 Å². The highest BCUT2D eigenvalue weighted by molar-refractivity contribution is 7.80. The Hall–Kier alpha value is -1.17. The molecule has 4 nitrogen and oxygen atoms in total. The molecule has 0 bridgehead atoms. The number of ether oxygens (including phenoxy) is 1. The number of nitrogens with zero attached hydrogens (tertiary/aromatic N) is 2. The highest BCUT2D eigenvalue weighted by atomic mass is 32.1. The lowest BCUT2D eigenvalue weighted by Gasteiger charge is -2.31. The van der Waals surface area contributed by atoms with Gasteiger partial charge in [0.1, 0.15) is 0 Å². The zero-order valence-electron chi connectivity index (χ0n) is 21.3. The van der Waals surface area contributed by atoms with Gasteiger partial charge in [0, 0.05) is 38.8 Å². The molecule has 0 amide bonds. The van der Waals surface area contributed by atoms with Crippen LogP contribution < -0.4 is 5.32 Å². The van der Waals surface area contributed by atoms with Crippen molar-refractivity contribution in [2.24, 2.45) is 0 Å². The molecule has 1 aliphatic heterocycles. The van der Waals surface area contributed by atoms with Crippen LogP contribution in [-0.4, -0.2) is 60.3 Å². The minimum absolute atomic E-state index is 0.181. The van der Waals surface area contributed by atoms with E-state index >= 15 is 0 Å². The van der Waals surface area contributed by atoms with Crippen LogP contribution in [-0.2, 0) is 16.7 Å². The SMILES string of the molecule is CCCCCC(CC)NC(=S)N(CCCN1CCOCC1)Cc1ccc(C(C)(C)C)cc1. The lowest BCUT2D eigenvalue weighted by Crippen LogP contribution is -2.45. The Bertz CT molecular complexity index is 650. The molecular weight excluding hydrogens is 414 g/mol. The molecule has 0 aromatic heterocycles. The van der Waals surface area contributed by atoms with E-state index in [0.717, 1.165) is 63.9 Å². The van der Waals surface area contributed by atoms with E-state index in [4.69, 9.17) is 17.0 Å². The lowest BCUT2D eigenvalue weighted by molar-refractivity contribution is 0.0367. The molecule has 32 heavy (non-hydrogen) atoms. The van der Waals surface area contributed by atoms with E-state index in [9.17, 15) is 0 Å². The maximum absolute atomic E-state index is 5.93. The number of hydrogen-bond acceptors (Lipinski definition) is 3. The Morgan fingerprint density at radius 1 is 1.09 bits per heavy atom. The smallest absolute Gasteiger partial charge is 0.169 e. The quantitative estimate of drug-likeness (QED) is 0.316. The van der Waals surface area contributed by atoms with Crippen molar-refractivity contribution in [1.29, 1.82) is 0 Å². The average molecular weight is 462 g/mol. The molecule has 1 aromatic rings. The summed E-state index contributed by atoms with van der Waals surface area (Å²) < 4.78 is 5.49. The van der Waals surface area contributed by atoms with Crippen LogP contribution in [0.5, 0.6) is 0 Å². The van der Waals surface area contributed by atoms with Gasteiger partial charge in [0.05, 0.1) is 13.2 Å².